The second kappa shape index (κ2) is 13.0. The number of benzene rings is 1. The second-order valence-corrected chi connectivity index (χ2v) is 15.2. The molecular weight excluding hydrogens is 536 g/mol. The third-order valence-electron chi connectivity index (χ3n) is 10.4. The molecule has 0 bridgehead atoms. The van der Waals surface area contributed by atoms with E-state index in [2.05, 4.69) is 93.0 Å². The monoisotopic (exact) mass is 593 g/mol. The van der Waals surface area contributed by atoms with Crippen molar-refractivity contribution in [3.8, 4) is 5.75 Å². The largest absolute Gasteiger partial charge is 0.493 e. The van der Waals surface area contributed by atoms with Gasteiger partial charge in [0.15, 0.2) is 0 Å². The van der Waals surface area contributed by atoms with Crippen LogP contribution in [0.5, 0.6) is 5.75 Å². The molecule has 2 saturated heterocycles. The predicted octanol–water partition coefficient (Wildman–Crippen LogP) is 4.95. The molecule has 4 aliphatic rings. The minimum Gasteiger partial charge on any atom is -0.493 e. The number of rotatable bonds is 12. The van der Waals surface area contributed by atoms with Crippen LogP contribution in [0.2, 0.25) is 0 Å². The van der Waals surface area contributed by atoms with Gasteiger partial charge in [-0.2, -0.15) is 0 Å². The van der Waals surface area contributed by atoms with Crippen LogP contribution in [-0.2, 0) is 11.2 Å². The van der Waals surface area contributed by atoms with E-state index in [0.717, 1.165) is 101 Å². The van der Waals surface area contributed by atoms with Crippen molar-refractivity contribution in [3.05, 3.63) is 53.1 Å². The first-order valence-electron chi connectivity index (χ1n) is 16.8. The number of nitrogens with zero attached hydrogens (tertiary/aromatic N) is 4. The fraction of sp³-hybridized carbons (Fsp3) is 0.694. The molecule has 7 nitrogen and oxygen atoms in total. The number of amides is 1. The zero-order chi connectivity index (χ0) is 30.8. The van der Waals surface area contributed by atoms with Crippen molar-refractivity contribution < 1.29 is 19.1 Å². The van der Waals surface area contributed by atoms with Crippen molar-refractivity contribution in [2.24, 2.45) is 0 Å². The maximum absolute atomic E-state index is 14.5. The minimum atomic E-state index is -0.330. The molecule has 0 saturated carbocycles. The normalized spacial score (nSPS) is 29.5. The van der Waals surface area contributed by atoms with Gasteiger partial charge in [0.05, 0.1) is 39.8 Å². The fourth-order valence-corrected chi connectivity index (χ4v) is 7.97. The summed E-state index contributed by atoms with van der Waals surface area (Å²) in [5.74, 6) is 1.64. The third kappa shape index (κ3) is 7.55. The highest BCUT2D eigenvalue weighted by Crippen LogP contribution is 2.43. The number of allylic oxidation sites excluding steroid dienone is 2. The molecule has 3 unspecified atom stereocenters. The van der Waals surface area contributed by atoms with E-state index in [4.69, 9.17) is 4.74 Å². The van der Waals surface area contributed by atoms with Gasteiger partial charge in [-0.05, 0) is 74.6 Å². The SMILES string of the molecule is CCCCN(C(=O)CN1C[C@H](c2ccc3c(c2)CCO3)CC1(C)CCN1CCCC1O)C1(C)C=CC=C(C[N+](C)(C)C)C1. The minimum absolute atomic E-state index is 0.118. The summed E-state index contributed by atoms with van der Waals surface area (Å²) in [5, 5.41) is 10.5. The average molecular weight is 594 g/mol. The van der Waals surface area contributed by atoms with Gasteiger partial charge < -0.3 is 19.2 Å². The first kappa shape index (κ1) is 32.2. The maximum atomic E-state index is 14.5. The Kier molecular flexibility index (Phi) is 9.77. The first-order valence-corrected chi connectivity index (χ1v) is 16.8. The Morgan fingerprint density at radius 2 is 2.05 bits per heavy atom. The summed E-state index contributed by atoms with van der Waals surface area (Å²) in [6, 6.07) is 6.74. The van der Waals surface area contributed by atoms with Crippen LogP contribution in [0.3, 0.4) is 0 Å². The Morgan fingerprint density at radius 1 is 1.23 bits per heavy atom. The number of ether oxygens (including phenoxy) is 1. The van der Waals surface area contributed by atoms with Crippen molar-refractivity contribution in [2.75, 3.05) is 67.0 Å². The number of hydrogen-bond acceptors (Lipinski definition) is 5. The zero-order valence-corrected chi connectivity index (χ0v) is 27.8. The van der Waals surface area contributed by atoms with Crippen LogP contribution in [0.4, 0.5) is 0 Å². The van der Waals surface area contributed by atoms with Gasteiger partial charge in [-0.1, -0.05) is 43.7 Å². The Hall–Kier alpha value is -2.19. The Morgan fingerprint density at radius 3 is 2.77 bits per heavy atom. The third-order valence-corrected chi connectivity index (χ3v) is 10.4. The number of carbonyl (C=O) groups excluding carboxylic acids is 1. The van der Waals surface area contributed by atoms with Crippen molar-refractivity contribution in [2.45, 2.75) is 95.4 Å². The molecule has 0 radical (unpaired) electrons. The van der Waals surface area contributed by atoms with Gasteiger partial charge in [0.1, 0.15) is 18.5 Å². The summed E-state index contributed by atoms with van der Waals surface area (Å²) in [5.41, 5.74) is 3.65. The van der Waals surface area contributed by atoms with Crippen LogP contribution in [0.1, 0.15) is 82.8 Å². The van der Waals surface area contributed by atoms with Gasteiger partial charge in [-0.15, -0.1) is 0 Å². The molecule has 2 fully saturated rings. The molecule has 1 N–H and O–H groups in total. The lowest BCUT2D eigenvalue weighted by molar-refractivity contribution is -0.865. The molecule has 1 aromatic rings. The lowest BCUT2D eigenvalue weighted by atomic mass is 9.85. The van der Waals surface area contributed by atoms with Crippen LogP contribution in [0.25, 0.3) is 0 Å². The number of likely N-dealkylation sites (tertiary alicyclic amines) is 2. The molecule has 0 aromatic heterocycles. The van der Waals surface area contributed by atoms with Crippen LogP contribution in [0.15, 0.2) is 42.0 Å². The average Bonchev–Trinajstić information content (AvgIpc) is 3.65. The van der Waals surface area contributed by atoms with E-state index < -0.39 is 0 Å². The standard InChI is InChI=1S/C36H57N4O3/c1-7-8-19-39(36(3)16-9-11-28(23-36)27-40(4,5)6)34(42)26-38-25-31(29-13-14-32-30(22-29)15-21-43-32)24-35(38,2)17-20-37-18-10-12-33(37)41/h9,11,13-14,16,22,31,33,41H,7-8,10,12,15,17-21,23-27H2,1-6H3/q+1/t31-,33?,35?,36?/m1/s1. The highest BCUT2D eigenvalue weighted by atomic mass is 16.5. The van der Waals surface area contributed by atoms with Gasteiger partial charge in [0.2, 0.25) is 5.91 Å². The van der Waals surface area contributed by atoms with Gasteiger partial charge in [-0.3, -0.25) is 14.6 Å². The fourth-order valence-electron chi connectivity index (χ4n) is 7.97. The van der Waals surface area contributed by atoms with Crippen molar-refractivity contribution in [3.63, 3.8) is 0 Å². The van der Waals surface area contributed by atoms with Crippen LogP contribution in [0, 0.1) is 0 Å². The van der Waals surface area contributed by atoms with E-state index in [1.54, 1.807) is 0 Å². The number of fused-ring (bicyclic) bond motifs is 1. The highest BCUT2D eigenvalue weighted by Gasteiger charge is 2.45. The predicted molar refractivity (Wildman–Crippen MR) is 174 cm³/mol. The van der Waals surface area contributed by atoms with E-state index in [-0.39, 0.29) is 23.2 Å². The number of unbranched alkanes of at least 4 members (excludes halogenated alkanes) is 1. The van der Waals surface area contributed by atoms with E-state index in [9.17, 15) is 9.90 Å². The number of carbonyl (C=O) groups is 1. The molecule has 5 rings (SSSR count). The number of quaternary nitrogens is 1. The number of hydrogen-bond donors (Lipinski definition) is 1. The number of likely N-dealkylation sites (N-methyl/N-ethyl adjacent to an activating group) is 1. The molecule has 3 heterocycles. The van der Waals surface area contributed by atoms with Gasteiger partial charge in [0, 0.05) is 44.6 Å². The zero-order valence-electron chi connectivity index (χ0n) is 27.8. The molecule has 1 amide bonds. The van der Waals surface area contributed by atoms with Gasteiger partial charge in [0.25, 0.3) is 0 Å². The second-order valence-electron chi connectivity index (χ2n) is 15.2. The van der Waals surface area contributed by atoms with E-state index in [1.807, 2.05) is 0 Å². The molecule has 4 atom stereocenters. The summed E-state index contributed by atoms with van der Waals surface area (Å²) in [7, 11) is 6.70. The van der Waals surface area contributed by atoms with Gasteiger partial charge >= 0.3 is 0 Å². The smallest absolute Gasteiger partial charge is 0.237 e. The van der Waals surface area contributed by atoms with Crippen molar-refractivity contribution >= 4 is 5.91 Å². The van der Waals surface area contributed by atoms with Crippen LogP contribution >= 0.6 is 0 Å². The molecule has 3 aliphatic heterocycles. The van der Waals surface area contributed by atoms with E-state index >= 15 is 0 Å². The Bertz CT molecular complexity index is 1210. The summed E-state index contributed by atoms with van der Waals surface area (Å²) in [6.07, 6.45) is 14.2. The topological polar surface area (TPSA) is 56.2 Å². The molecule has 1 aromatic carbocycles. The number of aliphatic hydroxyl groups is 1. The first-order chi connectivity index (χ1) is 20.4. The highest BCUT2D eigenvalue weighted by molar-refractivity contribution is 5.80. The lowest BCUT2D eigenvalue weighted by Crippen LogP contribution is -2.55. The van der Waals surface area contributed by atoms with E-state index in [1.165, 1.54) is 16.7 Å². The number of aliphatic hydroxyl groups excluding tert-OH is 1. The van der Waals surface area contributed by atoms with E-state index in [0.29, 0.717) is 12.5 Å². The molecule has 1 aliphatic carbocycles. The summed E-state index contributed by atoms with van der Waals surface area (Å²) >= 11 is 0. The van der Waals surface area contributed by atoms with Crippen LogP contribution in [-0.4, -0.2) is 115 Å². The Labute approximate surface area is 260 Å². The van der Waals surface area contributed by atoms with Gasteiger partial charge in [-0.25, -0.2) is 0 Å². The molecular formula is C36H57N4O3+. The molecule has 0 spiro atoms. The van der Waals surface area contributed by atoms with Crippen molar-refractivity contribution in [1.82, 2.24) is 14.7 Å². The lowest BCUT2D eigenvalue weighted by Gasteiger charge is -2.44. The summed E-state index contributed by atoms with van der Waals surface area (Å²) in [6.45, 7) is 12.5. The summed E-state index contributed by atoms with van der Waals surface area (Å²) < 4.78 is 6.68. The van der Waals surface area contributed by atoms with Crippen LogP contribution < -0.4 is 4.74 Å². The maximum Gasteiger partial charge on any atom is 0.237 e. The molecule has 7 heteroatoms. The Balaban J connectivity index is 1.36. The summed E-state index contributed by atoms with van der Waals surface area (Å²) in [4.78, 5) is 21.4. The quantitative estimate of drug-likeness (QED) is 0.348. The van der Waals surface area contributed by atoms with Crippen molar-refractivity contribution in [1.29, 1.82) is 0 Å². The molecule has 238 valence electrons. The molecule has 43 heavy (non-hydrogen) atoms.